The van der Waals surface area contributed by atoms with E-state index >= 15 is 0 Å². The molecule has 2 aromatic rings. The van der Waals surface area contributed by atoms with Crippen LogP contribution in [0.5, 0.6) is 11.5 Å². The second-order valence-corrected chi connectivity index (χ2v) is 5.53. The van der Waals surface area contributed by atoms with Crippen LogP contribution in [-0.4, -0.2) is 30.6 Å². The summed E-state index contributed by atoms with van der Waals surface area (Å²) in [5, 5.41) is 0. The molecule has 0 bridgehead atoms. The molecule has 0 atom stereocenters. The van der Waals surface area contributed by atoms with Crippen molar-refractivity contribution in [3.05, 3.63) is 59.7 Å². The lowest BCUT2D eigenvalue weighted by molar-refractivity contribution is -0.134. The molecular weight excluding hydrogens is 290 g/mol. The van der Waals surface area contributed by atoms with Gasteiger partial charge in [0.2, 0.25) is 0 Å². The van der Waals surface area contributed by atoms with Crippen LogP contribution in [-0.2, 0) is 17.8 Å². The summed E-state index contributed by atoms with van der Waals surface area (Å²) in [6.45, 7) is 4.01. The van der Waals surface area contributed by atoms with E-state index in [2.05, 4.69) is 12.1 Å². The molecule has 0 aromatic heterocycles. The summed E-state index contributed by atoms with van der Waals surface area (Å²) >= 11 is 0. The highest BCUT2D eigenvalue weighted by Crippen LogP contribution is 2.21. The Morgan fingerprint density at radius 3 is 2.57 bits per heavy atom. The minimum absolute atomic E-state index is 0.0151. The van der Waals surface area contributed by atoms with Crippen molar-refractivity contribution in [2.45, 2.75) is 19.9 Å². The molecule has 3 rings (SSSR count). The molecular formula is C19H21NO3. The fourth-order valence-electron chi connectivity index (χ4n) is 2.77. The van der Waals surface area contributed by atoms with Gasteiger partial charge in [-0.3, -0.25) is 4.79 Å². The van der Waals surface area contributed by atoms with Gasteiger partial charge < -0.3 is 14.4 Å². The Labute approximate surface area is 136 Å². The number of rotatable bonds is 5. The van der Waals surface area contributed by atoms with Crippen molar-refractivity contribution in [3.63, 3.8) is 0 Å². The fourth-order valence-corrected chi connectivity index (χ4v) is 2.77. The molecule has 4 nitrogen and oxygen atoms in total. The third-order valence-electron chi connectivity index (χ3n) is 3.96. The molecule has 0 saturated carbocycles. The highest BCUT2D eigenvalue weighted by Gasteiger charge is 2.20. The molecule has 0 saturated heterocycles. The fraction of sp³-hybridized carbons (Fsp3) is 0.316. The predicted octanol–water partition coefficient (Wildman–Crippen LogP) is 3.05. The van der Waals surface area contributed by atoms with E-state index in [0.717, 1.165) is 18.7 Å². The molecule has 1 heterocycles. The van der Waals surface area contributed by atoms with Gasteiger partial charge in [0.05, 0.1) is 6.61 Å². The van der Waals surface area contributed by atoms with E-state index in [9.17, 15) is 4.79 Å². The Morgan fingerprint density at radius 1 is 1.04 bits per heavy atom. The Balaban J connectivity index is 1.57. The summed E-state index contributed by atoms with van der Waals surface area (Å²) in [5.41, 5.74) is 2.56. The molecule has 120 valence electrons. The van der Waals surface area contributed by atoms with Crippen molar-refractivity contribution in [3.8, 4) is 11.5 Å². The molecule has 0 aliphatic carbocycles. The van der Waals surface area contributed by atoms with Gasteiger partial charge in [0.15, 0.2) is 6.61 Å². The van der Waals surface area contributed by atoms with E-state index < -0.39 is 0 Å². The van der Waals surface area contributed by atoms with Crippen molar-refractivity contribution in [2.24, 2.45) is 0 Å². The van der Waals surface area contributed by atoms with Gasteiger partial charge in [-0.2, -0.15) is 0 Å². The largest absolute Gasteiger partial charge is 0.494 e. The molecule has 0 spiro atoms. The Kier molecular flexibility index (Phi) is 4.81. The van der Waals surface area contributed by atoms with Crippen LogP contribution in [0, 0.1) is 0 Å². The topological polar surface area (TPSA) is 38.8 Å². The molecule has 1 amide bonds. The normalized spacial score (nSPS) is 13.3. The van der Waals surface area contributed by atoms with Crippen LogP contribution in [0.25, 0.3) is 0 Å². The molecule has 23 heavy (non-hydrogen) atoms. The number of ether oxygens (including phenoxy) is 2. The highest BCUT2D eigenvalue weighted by atomic mass is 16.5. The molecule has 2 aromatic carbocycles. The maximum Gasteiger partial charge on any atom is 0.260 e. The predicted molar refractivity (Wildman–Crippen MR) is 88.7 cm³/mol. The van der Waals surface area contributed by atoms with E-state index in [1.165, 1.54) is 11.1 Å². The first-order valence-corrected chi connectivity index (χ1v) is 7.96. The van der Waals surface area contributed by atoms with E-state index in [0.29, 0.717) is 18.9 Å². The lowest BCUT2D eigenvalue weighted by Crippen LogP contribution is -2.38. The van der Waals surface area contributed by atoms with Crippen LogP contribution in [0.3, 0.4) is 0 Å². The van der Waals surface area contributed by atoms with Gasteiger partial charge in [0, 0.05) is 19.2 Å². The summed E-state index contributed by atoms with van der Waals surface area (Å²) in [7, 11) is 0. The molecule has 1 aliphatic rings. The summed E-state index contributed by atoms with van der Waals surface area (Å²) in [4.78, 5) is 14.2. The maximum atomic E-state index is 12.4. The Hall–Kier alpha value is -2.49. The SMILES string of the molecule is CCOc1cccc(OCC(=O)N2CCc3ccccc3C2)c1. The Bertz CT molecular complexity index is 684. The van der Waals surface area contributed by atoms with Crippen LogP contribution in [0.1, 0.15) is 18.1 Å². The molecule has 0 fully saturated rings. The quantitative estimate of drug-likeness (QED) is 0.852. The summed E-state index contributed by atoms with van der Waals surface area (Å²) < 4.78 is 11.1. The number of carbonyl (C=O) groups is 1. The van der Waals surface area contributed by atoms with Crippen molar-refractivity contribution < 1.29 is 14.3 Å². The minimum atomic E-state index is 0.0151. The Morgan fingerprint density at radius 2 is 1.78 bits per heavy atom. The van der Waals surface area contributed by atoms with Crippen LogP contribution in [0.15, 0.2) is 48.5 Å². The molecule has 4 heteroatoms. The number of benzene rings is 2. The maximum absolute atomic E-state index is 12.4. The molecule has 0 radical (unpaired) electrons. The first kappa shape index (κ1) is 15.4. The van der Waals surface area contributed by atoms with Gasteiger partial charge in [0.1, 0.15) is 11.5 Å². The first-order chi connectivity index (χ1) is 11.3. The number of carbonyl (C=O) groups excluding carboxylic acids is 1. The van der Waals surface area contributed by atoms with Gasteiger partial charge in [-0.15, -0.1) is 0 Å². The number of fused-ring (bicyclic) bond motifs is 1. The lowest BCUT2D eigenvalue weighted by atomic mass is 10.00. The van der Waals surface area contributed by atoms with E-state index in [4.69, 9.17) is 9.47 Å². The van der Waals surface area contributed by atoms with Crippen molar-refractivity contribution in [2.75, 3.05) is 19.8 Å². The van der Waals surface area contributed by atoms with E-state index in [1.807, 2.05) is 48.2 Å². The number of amides is 1. The van der Waals surface area contributed by atoms with E-state index in [-0.39, 0.29) is 12.5 Å². The van der Waals surface area contributed by atoms with Gasteiger partial charge in [-0.25, -0.2) is 0 Å². The van der Waals surface area contributed by atoms with Gasteiger partial charge in [0.25, 0.3) is 5.91 Å². The zero-order chi connectivity index (χ0) is 16.1. The lowest BCUT2D eigenvalue weighted by Gasteiger charge is -2.28. The summed E-state index contributed by atoms with van der Waals surface area (Å²) in [6.07, 6.45) is 0.905. The van der Waals surface area contributed by atoms with E-state index in [1.54, 1.807) is 0 Å². The summed E-state index contributed by atoms with van der Waals surface area (Å²) in [5.74, 6) is 1.42. The second kappa shape index (κ2) is 7.18. The second-order valence-electron chi connectivity index (χ2n) is 5.53. The van der Waals surface area contributed by atoms with Crippen LogP contribution >= 0.6 is 0 Å². The average molecular weight is 311 g/mol. The van der Waals surface area contributed by atoms with Crippen LogP contribution in [0.4, 0.5) is 0 Å². The summed E-state index contributed by atoms with van der Waals surface area (Å²) in [6, 6.07) is 15.7. The van der Waals surface area contributed by atoms with Crippen molar-refractivity contribution in [1.29, 1.82) is 0 Å². The van der Waals surface area contributed by atoms with Crippen LogP contribution < -0.4 is 9.47 Å². The number of nitrogens with zero attached hydrogens (tertiary/aromatic N) is 1. The third kappa shape index (κ3) is 3.83. The zero-order valence-electron chi connectivity index (χ0n) is 13.3. The zero-order valence-corrected chi connectivity index (χ0v) is 13.3. The van der Waals surface area contributed by atoms with Crippen LogP contribution in [0.2, 0.25) is 0 Å². The standard InChI is InChI=1S/C19H21NO3/c1-2-22-17-8-5-9-18(12-17)23-14-19(21)20-11-10-15-6-3-4-7-16(15)13-20/h3-9,12H,2,10-11,13-14H2,1H3. The molecule has 0 unspecified atom stereocenters. The van der Waals surface area contributed by atoms with Gasteiger partial charge >= 0.3 is 0 Å². The smallest absolute Gasteiger partial charge is 0.260 e. The monoisotopic (exact) mass is 311 g/mol. The first-order valence-electron chi connectivity index (χ1n) is 7.96. The highest BCUT2D eigenvalue weighted by molar-refractivity contribution is 5.78. The van der Waals surface area contributed by atoms with Gasteiger partial charge in [-0.05, 0) is 36.6 Å². The third-order valence-corrected chi connectivity index (χ3v) is 3.96. The van der Waals surface area contributed by atoms with Crippen molar-refractivity contribution >= 4 is 5.91 Å². The minimum Gasteiger partial charge on any atom is -0.494 e. The van der Waals surface area contributed by atoms with Crippen molar-refractivity contribution in [1.82, 2.24) is 4.90 Å². The number of hydrogen-bond acceptors (Lipinski definition) is 3. The molecule has 1 aliphatic heterocycles. The number of hydrogen-bond donors (Lipinski definition) is 0. The molecule has 0 N–H and O–H groups in total. The average Bonchev–Trinajstić information content (AvgIpc) is 2.60. The van der Waals surface area contributed by atoms with Gasteiger partial charge in [-0.1, -0.05) is 30.3 Å².